The third-order valence-corrected chi connectivity index (χ3v) is 7.19. The van der Waals surface area contributed by atoms with E-state index in [1.165, 1.54) is 9.71 Å². The van der Waals surface area contributed by atoms with Crippen molar-refractivity contribution in [2.75, 3.05) is 13.1 Å². The van der Waals surface area contributed by atoms with E-state index in [2.05, 4.69) is 28.3 Å². The average molecular weight is 425 g/mol. The molecule has 29 heavy (non-hydrogen) atoms. The Morgan fingerprint density at radius 3 is 2.83 bits per heavy atom. The number of nitrogens with zero attached hydrogens (tertiary/aromatic N) is 4. The second kappa shape index (κ2) is 8.04. The Kier molecular flexibility index (Phi) is 5.12. The minimum Gasteiger partial charge on any atom is -0.343 e. The standard InChI is InChI=1S/C21H20N4O2S2/c26-19(6-5-18-23-20(24-27-18)15-9-12-28-13-15)25-10-7-14(8-11-25)21-22-16-3-1-2-4-17(16)29-21/h1-4,9,12-14H,5-8,10-11H2. The minimum atomic E-state index is 0.156. The minimum absolute atomic E-state index is 0.156. The average Bonchev–Trinajstić information content (AvgIpc) is 3.52. The summed E-state index contributed by atoms with van der Waals surface area (Å²) < 4.78 is 6.53. The first kappa shape index (κ1) is 18.4. The summed E-state index contributed by atoms with van der Waals surface area (Å²) >= 11 is 3.37. The van der Waals surface area contributed by atoms with Gasteiger partial charge in [0.25, 0.3) is 0 Å². The SMILES string of the molecule is O=C(CCc1nc(-c2ccsc2)no1)N1CCC(c2nc3ccccc3s2)CC1. The zero-order valence-electron chi connectivity index (χ0n) is 15.8. The van der Waals surface area contributed by atoms with Gasteiger partial charge in [-0.2, -0.15) is 16.3 Å². The number of benzene rings is 1. The number of thiazole rings is 1. The van der Waals surface area contributed by atoms with Gasteiger partial charge >= 0.3 is 0 Å². The number of likely N-dealkylation sites (tertiary alicyclic amines) is 1. The lowest BCUT2D eigenvalue weighted by Gasteiger charge is -2.31. The maximum atomic E-state index is 12.6. The van der Waals surface area contributed by atoms with E-state index in [0.29, 0.717) is 30.5 Å². The van der Waals surface area contributed by atoms with E-state index >= 15 is 0 Å². The van der Waals surface area contributed by atoms with Crippen LogP contribution in [0.5, 0.6) is 0 Å². The van der Waals surface area contributed by atoms with Gasteiger partial charge in [-0.1, -0.05) is 17.3 Å². The van der Waals surface area contributed by atoms with Crippen molar-refractivity contribution in [2.45, 2.75) is 31.6 Å². The summed E-state index contributed by atoms with van der Waals surface area (Å²) in [6.45, 7) is 1.56. The molecule has 148 valence electrons. The Bertz CT molecular complexity index is 1080. The highest BCUT2D eigenvalue weighted by atomic mass is 32.1. The molecule has 0 aliphatic carbocycles. The van der Waals surface area contributed by atoms with Crippen molar-refractivity contribution in [3.63, 3.8) is 0 Å². The van der Waals surface area contributed by atoms with Crippen molar-refractivity contribution in [2.24, 2.45) is 0 Å². The Balaban J connectivity index is 1.14. The molecule has 0 spiro atoms. The fourth-order valence-electron chi connectivity index (χ4n) is 3.68. The van der Waals surface area contributed by atoms with Crippen LogP contribution in [0.1, 0.15) is 36.1 Å². The number of para-hydroxylation sites is 1. The first-order chi connectivity index (χ1) is 14.3. The van der Waals surface area contributed by atoms with Gasteiger partial charge in [0.15, 0.2) is 0 Å². The molecule has 1 saturated heterocycles. The number of amides is 1. The quantitative estimate of drug-likeness (QED) is 0.462. The highest BCUT2D eigenvalue weighted by molar-refractivity contribution is 7.18. The third kappa shape index (κ3) is 3.95. The van der Waals surface area contributed by atoms with Crippen molar-refractivity contribution in [3.05, 3.63) is 52.0 Å². The summed E-state index contributed by atoms with van der Waals surface area (Å²) in [5, 5.41) is 9.16. The van der Waals surface area contributed by atoms with Crippen LogP contribution < -0.4 is 0 Å². The lowest BCUT2D eigenvalue weighted by Crippen LogP contribution is -2.38. The molecule has 1 amide bonds. The van der Waals surface area contributed by atoms with Crippen LogP contribution in [0, 0.1) is 0 Å². The fourth-order valence-corrected chi connectivity index (χ4v) is 5.45. The predicted molar refractivity (Wildman–Crippen MR) is 114 cm³/mol. The molecule has 8 heteroatoms. The summed E-state index contributed by atoms with van der Waals surface area (Å²) in [6.07, 6.45) is 2.81. The van der Waals surface area contributed by atoms with E-state index in [4.69, 9.17) is 9.51 Å². The molecule has 1 aliphatic heterocycles. The molecule has 0 atom stereocenters. The molecule has 3 aromatic heterocycles. The summed E-state index contributed by atoms with van der Waals surface area (Å²) in [4.78, 5) is 23.8. The van der Waals surface area contributed by atoms with E-state index in [1.54, 1.807) is 22.7 Å². The number of fused-ring (bicyclic) bond motifs is 1. The zero-order valence-corrected chi connectivity index (χ0v) is 17.4. The van der Waals surface area contributed by atoms with Gasteiger partial charge in [-0.15, -0.1) is 11.3 Å². The number of hydrogen-bond donors (Lipinski definition) is 0. The van der Waals surface area contributed by atoms with Crippen molar-refractivity contribution >= 4 is 38.8 Å². The zero-order chi connectivity index (χ0) is 19.6. The number of aryl methyl sites for hydroxylation is 1. The number of thiophene rings is 1. The molecule has 0 unspecified atom stereocenters. The number of carbonyl (C=O) groups excluding carboxylic acids is 1. The first-order valence-electron chi connectivity index (χ1n) is 9.74. The molecule has 4 aromatic rings. The lowest BCUT2D eigenvalue weighted by molar-refractivity contribution is -0.132. The second-order valence-corrected chi connectivity index (χ2v) is 9.04. The van der Waals surface area contributed by atoms with Gasteiger partial charge in [0, 0.05) is 42.8 Å². The molecule has 6 nitrogen and oxygen atoms in total. The number of hydrogen-bond acceptors (Lipinski definition) is 7. The monoisotopic (exact) mass is 424 g/mol. The van der Waals surface area contributed by atoms with E-state index in [-0.39, 0.29) is 5.91 Å². The van der Waals surface area contributed by atoms with E-state index < -0.39 is 0 Å². The molecule has 1 aromatic carbocycles. The van der Waals surface area contributed by atoms with Crippen LogP contribution in [0.2, 0.25) is 0 Å². The highest BCUT2D eigenvalue weighted by Gasteiger charge is 2.26. The first-order valence-corrected chi connectivity index (χ1v) is 11.5. The molecular weight excluding hydrogens is 404 g/mol. The Morgan fingerprint density at radius 2 is 2.03 bits per heavy atom. The molecule has 0 radical (unpaired) electrons. The molecular formula is C21H20N4O2S2. The van der Waals surface area contributed by atoms with Crippen LogP contribution in [0.3, 0.4) is 0 Å². The van der Waals surface area contributed by atoms with Crippen LogP contribution in [0.15, 0.2) is 45.6 Å². The molecule has 0 bridgehead atoms. The van der Waals surface area contributed by atoms with E-state index in [9.17, 15) is 4.79 Å². The highest BCUT2D eigenvalue weighted by Crippen LogP contribution is 2.34. The van der Waals surface area contributed by atoms with Crippen molar-refractivity contribution in [3.8, 4) is 11.4 Å². The van der Waals surface area contributed by atoms with Crippen molar-refractivity contribution < 1.29 is 9.32 Å². The third-order valence-electron chi connectivity index (χ3n) is 5.31. The molecule has 0 N–H and O–H groups in total. The number of rotatable bonds is 5. The fraction of sp³-hybridized carbons (Fsp3) is 0.333. The van der Waals surface area contributed by atoms with E-state index in [0.717, 1.165) is 37.0 Å². The van der Waals surface area contributed by atoms with Gasteiger partial charge in [0.2, 0.25) is 17.6 Å². The molecule has 1 fully saturated rings. The van der Waals surface area contributed by atoms with Crippen molar-refractivity contribution in [1.29, 1.82) is 0 Å². The van der Waals surface area contributed by atoms with Gasteiger partial charge in [0.05, 0.1) is 15.2 Å². The summed E-state index contributed by atoms with van der Waals surface area (Å²) in [5.41, 5.74) is 2.03. The normalized spacial score (nSPS) is 15.2. The van der Waals surface area contributed by atoms with Gasteiger partial charge in [-0.25, -0.2) is 4.98 Å². The molecule has 0 saturated carbocycles. The Hall–Kier alpha value is -2.58. The molecule has 4 heterocycles. The predicted octanol–water partition coefficient (Wildman–Crippen LogP) is 4.75. The summed E-state index contributed by atoms with van der Waals surface area (Å²) in [5.74, 6) is 1.71. The number of aromatic nitrogens is 3. The van der Waals surface area contributed by atoms with E-state index in [1.807, 2.05) is 27.8 Å². The van der Waals surface area contributed by atoms with Gasteiger partial charge in [-0.3, -0.25) is 4.79 Å². The van der Waals surface area contributed by atoms with Crippen LogP contribution in [-0.2, 0) is 11.2 Å². The van der Waals surface area contributed by atoms with Crippen LogP contribution in [0.25, 0.3) is 21.6 Å². The van der Waals surface area contributed by atoms with Crippen molar-refractivity contribution in [1.82, 2.24) is 20.0 Å². The van der Waals surface area contributed by atoms with Crippen LogP contribution in [0.4, 0.5) is 0 Å². The maximum Gasteiger partial charge on any atom is 0.227 e. The van der Waals surface area contributed by atoms with Crippen LogP contribution in [-0.4, -0.2) is 39.0 Å². The largest absolute Gasteiger partial charge is 0.343 e. The number of piperidine rings is 1. The summed E-state index contributed by atoms with van der Waals surface area (Å²) in [7, 11) is 0. The van der Waals surface area contributed by atoms with Gasteiger partial charge in [0.1, 0.15) is 0 Å². The van der Waals surface area contributed by atoms with Crippen LogP contribution >= 0.6 is 22.7 Å². The summed E-state index contributed by atoms with van der Waals surface area (Å²) in [6, 6.07) is 10.2. The topological polar surface area (TPSA) is 72.1 Å². The molecule has 5 rings (SSSR count). The maximum absolute atomic E-state index is 12.6. The Labute approximate surface area is 176 Å². The Morgan fingerprint density at radius 1 is 1.17 bits per heavy atom. The van der Waals surface area contributed by atoms with Gasteiger partial charge < -0.3 is 9.42 Å². The number of carbonyl (C=O) groups is 1. The van der Waals surface area contributed by atoms with Gasteiger partial charge in [-0.05, 0) is 36.4 Å². The second-order valence-electron chi connectivity index (χ2n) is 7.20. The molecule has 1 aliphatic rings. The lowest BCUT2D eigenvalue weighted by atomic mass is 9.97. The smallest absolute Gasteiger partial charge is 0.227 e.